The number of likely N-dealkylation sites (tertiary alicyclic amines) is 1. The summed E-state index contributed by atoms with van der Waals surface area (Å²) in [4.78, 5) is 13.5. The molecule has 0 saturated carbocycles. The minimum Gasteiger partial charge on any atom is -0.478 e. The number of carbonyl (C=O) groups is 1. The van der Waals surface area contributed by atoms with Gasteiger partial charge >= 0.3 is 5.97 Å². The number of carboxylic acids is 1. The third kappa shape index (κ3) is 3.22. The van der Waals surface area contributed by atoms with Gasteiger partial charge in [-0.05, 0) is 51.1 Å². The van der Waals surface area contributed by atoms with Gasteiger partial charge in [0.2, 0.25) is 0 Å². The molecule has 0 amide bonds. The molecule has 110 valence electrons. The molecule has 0 bridgehead atoms. The van der Waals surface area contributed by atoms with Gasteiger partial charge in [0, 0.05) is 24.0 Å². The summed E-state index contributed by atoms with van der Waals surface area (Å²) in [5.41, 5.74) is 7.94. The van der Waals surface area contributed by atoms with E-state index in [0.29, 0.717) is 11.7 Å². The zero-order valence-corrected chi connectivity index (χ0v) is 12.1. The zero-order chi connectivity index (χ0) is 14.7. The van der Waals surface area contributed by atoms with Crippen molar-refractivity contribution in [1.82, 2.24) is 4.90 Å². The first-order valence-electron chi connectivity index (χ1n) is 7.06. The summed E-state index contributed by atoms with van der Waals surface area (Å²) in [5.74, 6) is -0.982. The van der Waals surface area contributed by atoms with Crippen molar-refractivity contribution in [3.63, 3.8) is 0 Å². The lowest BCUT2D eigenvalue weighted by molar-refractivity contribution is 0.0698. The van der Waals surface area contributed by atoms with Crippen LogP contribution in [0, 0.1) is 6.92 Å². The van der Waals surface area contributed by atoms with Crippen molar-refractivity contribution in [2.45, 2.75) is 32.2 Å². The molecule has 1 aromatic carbocycles. The number of aromatic carboxylic acids is 1. The average molecular weight is 277 g/mol. The number of benzene rings is 1. The quantitative estimate of drug-likeness (QED) is 0.735. The Balaban J connectivity index is 2.07. The minimum atomic E-state index is -0.982. The predicted molar refractivity (Wildman–Crippen MR) is 81.3 cm³/mol. The fourth-order valence-corrected chi connectivity index (χ4v) is 2.72. The van der Waals surface area contributed by atoms with Crippen molar-refractivity contribution in [1.29, 1.82) is 0 Å². The highest BCUT2D eigenvalue weighted by atomic mass is 16.4. The number of rotatable bonds is 4. The summed E-state index contributed by atoms with van der Waals surface area (Å²) in [7, 11) is 2.14. The van der Waals surface area contributed by atoms with E-state index >= 15 is 0 Å². The standard InChI is InChI=1S/C15H23N3O2/c1-10-7-11(8-13(14(10)16)15(19)20)17-9-12-5-3-4-6-18(12)2/h7-8,12,17H,3-6,9,16H2,1-2H3,(H,19,20). The van der Waals surface area contributed by atoms with Crippen LogP contribution in [0.3, 0.4) is 0 Å². The van der Waals surface area contributed by atoms with Crippen molar-refractivity contribution in [3.8, 4) is 0 Å². The lowest BCUT2D eigenvalue weighted by Gasteiger charge is -2.32. The fraction of sp³-hybridized carbons (Fsp3) is 0.533. The average Bonchev–Trinajstić information content (AvgIpc) is 2.41. The van der Waals surface area contributed by atoms with Crippen LogP contribution in [-0.4, -0.2) is 42.2 Å². The molecule has 0 aliphatic carbocycles. The molecule has 1 heterocycles. The number of nitrogens with one attached hydrogen (secondary N) is 1. The first-order chi connectivity index (χ1) is 9.49. The number of likely N-dealkylation sites (N-methyl/N-ethyl adjacent to an activating group) is 1. The van der Waals surface area contributed by atoms with Crippen molar-refractivity contribution < 1.29 is 9.90 Å². The third-order valence-electron chi connectivity index (χ3n) is 4.08. The van der Waals surface area contributed by atoms with Gasteiger partial charge in [0.05, 0.1) is 5.56 Å². The maximum absolute atomic E-state index is 11.2. The van der Waals surface area contributed by atoms with Gasteiger partial charge in [-0.1, -0.05) is 6.42 Å². The van der Waals surface area contributed by atoms with Crippen LogP contribution in [0.5, 0.6) is 0 Å². The second-order valence-corrected chi connectivity index (χ2v) is 5.57. The predicted octanol–water partition coefficient (Wildman–Crippen LogP) is 2.17. The van der Waals surface area contributed by atoms with E-state index in [0.717, 1.165) is 24.3 Å². The van der Waals surface area contributed by atoms with E-state index in [-0.39, 0.29) is 5.56 Å². The van der Waals surface area contributed by atoms with Crippen molar-refractivity contribution >= 4 is 17.3 Å². The van der Waals surface area contributed by atoms with E-state index in [4.69, 9.17) is 10.8 Å². The maximum atomic E-state index is 11.2. The first-order valence-corrected chi connectivity index (χ1v) is 7.06. The highest BCUT2D eigenvalue weighted by Gasteiger charge is 2.19. The van der Waals surface area contributed by atoms with E-state index in [9.17, 15) is 4.79 Å². The molecule has 5 heteroatoms. The summed E-state index contributed by atoms with van der Waals surface area (Å²) < 4.78 is 0. The number of aryl methyl sites for hydroxylation is 1. The normalized spacial score (nSPS) is 19.8. The zero-order valence-electron chi connectivity index (χ0n) is 12.1. The largest absolute Gasteiger partial charge is 0.478 e. The van der Waals surface area contributed by atoms with Gasteiger partial charge in [-0.2, -0.15) is 0 Å². The van der Waals surface area contributed by atoms with Crippen LogP contribution >= 0.6 is 0 Å². The van der Waals surface area contributed by atoms with Gasteiger partial charge in [-0.15, -0.1) is 0 Å². The summed E-state index contributed by atoms with van der Waals surface area (Å²) in [6.07, 6.45) is 3.71. The summed E-state index contributed by atoms with van der Waals surface area (Å²) >= 11 is 0. The Morgan fingerprint density at radius 3 is 2.90 bits per heavy atom. The lowest BCUT2D eigenvalue weighted by atomic mass is 10.0. The summed E-state index contributed by atoms with van der Waals surface area (Å²) in [6.45, 7) is 3.80. The van der Waals surface area contributed by atoms with E-state index in [1.165, 1.54) is 19.3 Å². The van der Waals surface area contributed by atoms with Crippen LogP contribution in [0.4, 0.5) is 11.4 Å². The molecule has 2 rings (SSSR count). The number of anilines is 2. The Labute approximate surface area is 119 Å². The van der Waals surface area contributed by atoms with Gasteiger partial charge in [0.1, 0.15) is 0 Å². The van der Waals surface area contributed by atoms with Crippen LogP contribution in [0.15, 0.2) is 12.1 Å². The van der Waals surface area contributed by atoms with Crippen molar-refractivity contribution in [3.05, 3.63) is 23.3 Å². The molecule has 1 atom stereocenters. The topological polar surface area (TPSA) is 78.6 Å². The highest BCUT2D eigenvalue weighted by Crippen LogP contribution is 2.23. The number of hydrogen-bond donors (Lipinski definition) is 3. The molecule has 0 aromatic heterocycles. The number of carboxylic acid groups (broad SMARTS) is 1. The summed E-state index contributed by atoms with van der Waals surface area (Å²) in [5, 5.41) is 12.5. The van der Waals surface area contributed by atoms with Crippen LogP contribution in [0.2, 0.25) is 0 Å². The molecule has 5 nitrogen and oxygen atoms in total. The first kappa shape index (κ1) is 14.7. The SMILES string of the molecule is Cc1cc(NCC2CCCCN2C)cc(C(=O)O)c1N. The molecule has 1 fully saturated rings. The Hall–Kier alpha value is -1.75. The fourth-order valence-electron chi connectivity index (χ4n) is 2.72. The molecule has 1 aliphatic rings. The van der Waals surface area contributed by atoms with E-state index in [1.807, 2.05) is 13.0 Å². The highest BCUT2D eigenvalue weighted by molar-refractivity contribution is 5.95. The molecule has 1 aromatic rings. The second-order valence-electron chi connectivity index (χ2n) is 5.57. The van der Waals surface area contributed by atoms with Crippen LogP contribution in [0.25, 0.3) is 0 Å². The maximum Gasteiger partial charge on any atom is 0.337 e. The minimum absolute atomic E-state index is 0.171. The Morgan fingerprint density at radius 1 is 1.50 bits per heavy atom. The molecule has 0 radical (unpaired) electrons. The number of hydrogen-bond acceptors (Lipinski definition) is 4. The van der Waals surface area contributed by atoms with Gasteiger partial charge in [-0.3, -0.25) is 0 Å². The van der Waals surface area contributed by atoms with Crippen LogP contribution in [-0.2, 0) is 0 Å². The monoisotopic (exact) mass is 277 g/mol. The molecule has 1 aliphatic heterocycles. The van der Waals surface area contributed by atoms with Crippen molar-refractivity contribution in [2.75, 3.05) is 31.2 Å². The van der Waals surface area contributed by atoms with Crippen LogP contribution in [0.1, 0.15) is 35.2 Å². The van der Waals surface area contributed by atoms with Gasteiger partial charge in [-0.25, -0.2) is 4.79 Å². The molecule has 20 heavy (non-hydrogen) atoms. The Kier molecular flexibility index (Phi) is 4.49. The molecule has 4 N–H and O–H groups in total. The third-order valence-corrected chi connectivity index (χ3v) is 4.08. The molecular formula is C15H23N3O2. The molecule has 1 saturated heterocycles. The summed E-state index contributed by atoms with van der Waals surface area (Å²) in [6, 6.07) is 4.04. The number of piperidine rings is 1. The molecular weight excluding hydrogens is 254 g/mol. The smallest absolute Gasteiger partial charge is 0.337 e. The number of nitrogens with two attached hydrogens (primary N) is 1. The Morgan fingerprint density at radius 2 is 2.25 bits per heavy atom. The lowest BCUT2D eigenvalue weighted by Crippen LogP contribution is -2.40. The van der Waals surface area contributed by atoms with Gasteiger partial charge < -0.3 is 21.1 Å². The Bertz CT molecular complexity index is 502. The number of nitrogens with zero attached hydrogens (tertiary/aromatic N) is 1. The van der Waals surface area contributed by atoms with Crippen LogP contribution < -0.4 is 11.1 Å². The molecule has 1 unspecified atom stereocenters. The van der Waals surface area contributed by atoms with Gasteiger partial charge in [0.25, 0.3) is 0 Å². The van der Waals surface area contributed by atoms with E-state index < -0.39 is 5.97 Å². The molecule has 0 spiro atoms. The second kappa shape index (κ2) is 6.13. The van der Waals surface area contributed by atoms with E-state index in [2.05, 4.69) is 17.3 Å². The number of nitrogen functional groups attached to an aromatic ring is 1. The van der Waals surface area contributed by atoms with Gasteiger partial charge in [0.15, 0.2) is 0 Å². The van der Waals surface area contributed by atoms with E-state index in [1.54, 1.807) is 6.07 Å². The van der Waals surface area contributed by atoms with Crippen molar-refractivity contribution in [2.24, 2.45) is 0 Å².